The molecule has 0 radical (unpaired) electrons. The minimum absolute atomic E-state index is 0.155. The van der Waals surface area contributed by atoms with Gasteiger partial charge in [-0.05, 0) is 49.9 Å². The van der Waals surface area contributed by atoms with Gasteiger partial charge in [0.1, 0.15) is 11.6 Å². The van der Waals surface area contributed by atoms with Crippen LogP contribution in [0.2, 0.25) is 0 Å². The molecule has 0 spiro atoms. The molecule has 124 valence electrons. The van der Waals surface area contributed by atoms with Crippen molar-refractivity contribution >= 4 is 10.0 Å². The number of benzene rings is 1. The molecule has 1 fully saturated rings. The summed E-state index contributed by atoms with van der Waals surface area (Å²) in [7, 11) is -3.52. The van der Waals surface area contributed by atoms with Crippen LogP contribution >= 0.6 is 0 Å². The van der Waals surface area contributed by atoms with Gasteiger partial charge in [0.15, 0.2) is 0 Å². The van der Waals surface area contributed by atoms with Crippen LogP contribution in [-0.2, 0) is 16.6 Å². The van der Waals surface area contributed by atoms with Crippen LogP contribution in [0, 0.1) is 18.7 Å². The van der Waals surface area contributed by atoms with Crippen LogP contribution in [0.25, 0.3) is 0 Å². The topological polar surface area (TPSA) is 55.2 Å². The first-order valence-electron chi connectivity index (χ1n) is 7.70. The number of halogens is 1. The number of rotatable bonds is 4. The lowest BCUT2D eigenvalue weighted by Crippen LogP contribution is -2.39. The number of aromatic nitrogens is 2. The van der Waals surface area contributed by atoms with Gasteiger partial charge in [-0.3, -0.25) is 0 Å². The molecule has 0 aliphatic carbocycles. The molecule has 1 aromatic carbocycles. The Hall–Kier alpha value is -1.73. The summed E-state index contributed by atoms with van der Waals surface area (Å²) in [6.45, 7) is 3.83. The largest absolute Gasteiger partial charge is 0.335 e. The summed E-state index contributed by atoms with van der Waals surface area (Å²) in [6, 6.07) is 5.01. The van der Waals surface area contributed by atoms with Crippen LogP contribution in [0.5, 0.6) is 0 Å². The molecule has 1 aliphatic rings. The Morgan fingerprint density at radius 3 is 2.43 bits per heavy atom. The van der Waals surface area contributed by atoms with E-state index in [1.807, 2.05) is 13.1 Å². The van der Waals surface area contributed by atoms with Gasteiger partial charge in [-0.15, -0.1) is 0 Å². The third-order valence-electron chi connectivity index (χ3n) is 4.40. The third kappa shape index (κ3) is 3.45. The average molecular weight is 337 g/mol. The van der Waals surface area contributed by atoms with Crippen LogP contribution in [-0.4, -0.2) is 35.4 Å². The Bertz CT molecular complexity index is 763. The summed E-state index contributed by atoms with van der Waals surface area (Å²) in [5.74, 6) is 0.993. The van der Waals surface area contributed by atoms with Crippen LogP contribution in [0.1, 0.15) is 18.7 Å². The molecule has 0 amide bonds. The van der Waals surface area contributed by atoms with Crippen molar-refractivity contribution in [3.8, 4) is 0 Å². The Kier molecular flexibility index (Phi) is 4.50. The van der Waals surface area contributed by atoms with E-state index >= 15 is 0 Å². The number of imidazole rings is 1. The SMILES string of the molecule is Cc1nccn1CC1CCN(S(=O)(=O)c2ccc(F)cc2)CC1. The molecule has 0 N–H and O–H groups in total. The molecule has 7 heteroatoms. The van der Waals surface area contributed by atoms with Gasteiger partial charge >= 0.3 is 0 Å². The molecule has 1 aliphatic heterocycles. The summed E-state index contributed by atoms with van der Waals surface area (Å²) in [5, 5.41) is 0. The quantitative estimate of drug-likeness (QED) is 0.861. The molecular formula is C16H20FN3O2S. The monoisotopic (exact) mass is 337 g/mol. The van der Waals surface area contributed by atoms with E-state index in [0.717, 1.165) is 25.2 Å². The molecule has 2 heterocycles. The number of sulfonamides is 1. The number of nitrogens with zero attached hydrogens (tertiary/aromatic N) is 3. The lowest BCUT2D eigenvalue weighted by Gasteiger charge is -2.31. The van der Waals surface area contributed by atoms with Crippen molar-refractivity contribution in [2.45, 2.75) is 31.2 Å². The number of hydrogen-bond acceptors (Lipinski definition) is 3. The summed E-state index contributed by atoms with van der Waals surface area (Å²) in [4.78, 5) is 4.36. The first-order chi connectivity index (χ1) is 11.0. The van der Waals surface area contributed by atoms with E-state index < -0.39 is 15.8 Å². The van der Waals surface area contributed by atoms with Gasteiger partial charge < -0.3 is 4.57 Å². The van der Waals surface area contributed by atoms with Crippen LogP contribution in [0.15, 0.2) is 41.6 Å². The highest BCUT2D eigenvalue weighted by molar-refractivity contribution is 7.89. The molecule has 0 saturated carbocycles. The second kappa shape index (κ2) is 6.41. The maximum Gasteiger partial charge on any atom is 0.243 e. The highest BCUT2D eigenvalue weighted by Crippen LogP contribution is 2.25. The van der Waals surface area contributed by atoms with Crippen molar-refractivity contribution < 1.29 is 12.8 Å². The Morgan fingerprint density at radius 1 is 1.22 bits per heavy atom. The highest BCUT2D eigenvalue weighted by Gasteiger charge is 2.29. The zero-order valence-corrected chi connectivity index (χ0v) is 13.8. The Labute approximate surface area is 135 Å². The van der Waals surface area contributed by atoms with E-state index in [4.69, 9.17) is 0 Å². The number of aryl methyl sites for hydroxylation is 1. The predicted octanol–water partition coefficient (Wildman–Crippen LogP) is 2.43. The highest BCUT2D eigenvalue weighted by atomic mass is 32.2. The molecule has 0 unspecified atom stereocenters. The minimum atomic E-state index is -3.52. The lowest BCUT2D eigenvalue weighted by atomic mass is 9.98. The van der Waals surface area contributed by atoms with Gasteiger partial charge in [-0.1, -0.05) is 0 Å². The normalized spacial score (nSPS) is 17.5. The fourth-order valence-corrected chi connectivity index (χ4v) is 4.43. The van der Waals surface area contributed by atoms with Gasteiger partial charge in [0.25, 0.3) is 0 Å². The maximum atomic E-state index is 13.0. The van der Waals surface area contributed by atoms with E-state index in [1.165, 1.54) is 28.6 Å². The summed E-state index contributed by atoms with van der Waals surface area (Å²) >= 11 is 0. The number of piperidine rings is 1. The molecule has 1 aromatic heterocycles. The summed E-state index contributed by atoms with van der Waals surface area (Å²) in [6.07, 6.45) is 5.37. The van der Waals surface area contributed by atoms with Crippen LogP contribution in [0.4, 0.5) is 4.39 Å². The van der Waals surface area contributed by atoms with Gasteiger partial charge in [0, 0.05) is 32.0 Å². The van der Waals surface area contributed by atoms with Crippen molar-refractivity contribution in [2.24, 2.45) is 5.92 Å². The standard InChI is InChI=1S/C16H20FN3O2S/c1-13-18-8-11-19(13)12-14-6-9-20(10-7-14)23(21,22)16-4-2-15(17)3-5-16/h2-5,8,11,14H,6-7,9-10,12H2,1H3. The van der Waals surface area contributed by atoms with Gasteiger partial charge in [0.05, 0.1) is 4.90 Å². The Balaban J connectivity index is 1.64. The van der Waals surface area contributed by atoms with Crippen LogP contribution < -0.4 is 0 Å². The van der Waals surface area contributed by atoms with Gasteiger partial charge in [-0.2, -0.15) is 4.31 Å². The van der Waals surface area contributed by atoms with E-state index in [0.29, 0.717) is 19.0 Å². The summed E-state index contributed by atoms with van der Waals surface area (Å²) < 4.78 is 41.7. The molecule has 23 heavy (non-hydrogen) atoms. The van der Waals surface area contributed by atoms with Gasteiger partial charge in [0.2, 0.25) is 10.0 Å². The molecule has 1 saturated heterocycles. The zero-order chi connectivity index (χ0) is 16.4. The fourth-order valence-electron chi connectivity index (χ4n) is 2.96. The van der Waals surface area contributed by atoms with Gasteiger partial charge in [-0.25, -0.2) is 17.8 Å². The molecule has 0 bridgehead atoms. The van der Waals surface area contributed by atoms with E-state index in [-0.39, 0.29) is 4.90 Å². The van der Waals surface area contributed by atoms with E-state index in [2.05, 4.69) is 9.55 Å². The van der Waals surface area contributed by atoms with Crippen LogP contribution in [0.3, 0.4) is 0 Å². The van der Waals surface area contributed by atoms with Crippen molar-refractivity contribution in [1.82, 2.24) is 13.9 Å². The fraction of sp³-hybridized carbons (Fsp3) is 0.438. The first kappa shape index (κ1) is 16.1. The average Bonchev–Trinajstić information content (AvgIpc) is 2.93. The van der Waals surface area contributed by atoms with Crippen molar-refractivity contribution in [1.29, 1.82) is 0 Å². The zero-order valence-electron chi connectivity index (χ0n) is 13.0. The smallest absolute Gasteiger partial charge is 0.243 e. The lowest BCUT2D eigenvalue weighted by molar-refractivity contribution is 0.252. The third-order valence-corrected chi connectivity index (χ3v) is 6.32. The van der Waals surface area contributed by atoms with E-state index in [1.54, 1.807) is 6.20 Å². The molecule has 3 rings (SSSR count). The second-order valence-electron chi connectivity index (χ2n) is 5.93. The van der Waals surface area contributed by atoms with Crippen molar-refractivity contribution in [3.63, 3.8) is 0 Å². The molecule has 0 atom stereocenters. The molecule has 5 nitrogen and oxygen atoms in total. The minimum Gasteiger partial charge on any atom is -0.335 e. The Morgan fingerprint density at radius 2 is 1.87 bits per heavy atom. The second-order valence-corrected chi connectivity index (χ2v) is 7.87. The predicted molar refractivity (Wildman–Crippen MR) is 84.8 cm³/mol. The summed E-state index contributed by atoms with van der Waals surface area (Å²) in [5.41, 5.74) is 0. The van der Waals surface area contributed by atoms with Crippen molar-refractivity contribution in [2.75, 3.05) is 13.1 Å². The first-order valence-corrected chi connectivity index (χ1v) is 9.14. The number of hydrogen-bond donors (Lipinski definition) is 0. The maximum absolute atomic E-state index is 13.0. The van der Waals surface area contributed by atoms with E-state index in [9.17, 15) is 12.8 Å². The van der Waals surface area contributed by atoms with Crippen molar-refractivity contribution in [3.05, 3.63) is 48.3 Å². The molecular weight excluding hydrogens is 317 g/mol. The molecule has 2 aromatic rings.